The molecule has 0 bridgehead atoms. The minimum Gasteiger partial charge on any atom is -0.479 e. The van der Waals surface area contributed by atoms with E-state index in [1.54, 1.807) is 17.9 Å². The van der Waals surface area contributed by atoms with Crippen molar-refractivity contribution in [1.82, 2.24) is 0 Å². The smallest absolute Gasteiger partial charge is 0.335 e. The Balaban J connectivity index is 2.45. The van der Waals surface area contributed by atoms with Gasteiger partial charge in [0.15, 0.2) is 6.10 Å². The molecular weight excluding hydrogens is 234 g/mol. The first-order chi connectivity index (χ1) is 8.54. The fourth-order valence-electron chi connectivity index (χ4n) is 2.00. The van der Waals surface area contributed by atoms with Gasteiger partial charge in [-0.1, -0.05) is 6.92 Å². The van der Waals surface area contributed by atoms with Crippen LogP contribution in [0.5, 0.6) is 5.75 Å². The SMILES string of the molecule is CCCN1C(=O)C(C)Oc2cc(C(=O)O)ccc21. The van der Waals surface area contributed by atoms with Gasteiger partial charge >= 0.3 is 5.97 Å². The minimum atomic E-state index is -1.01. The van der Waals surface area contributed by atoms with E-state index in [9.17, 15) is 9.59 Å². The maximum atomic E-state index is 12.0. The molecule has 96 valence electrons. The topological polar surface area (TPSA) is 66.8 Å². The lowest BCUT2D eigenvalue weighted by atomic mass is 10.1. The summed E-state index contributed by atoms with van der Waals surface area (Å²) in [4.78, 5) is 24.5. The van der Waals surface area contributed by atoms with Crippen LogP contribution < -0.4 is 9.64 Å². The van der Waals surface area contributed by atoms with Crippen molar-refractivity contribution in [3.63, 3.8) is 0 Å². The van der Waals surface area contributed by atoms with Crippen LogP contribution in [-0.4, -0.2) is 29.6 Å². The molecule has 1 aromatic carbocycles. The molecule has 1 amide bonds. The predicted molar refractivity (Wildman–Crippen MR) is 66.1 cm³/mol. The van der Waals surface area contributed by atoms with Crippen LogP contribution >= 0.6 is 0 Å². The monoisotopic (exact) mass is 249 g/mol. The third kappa shape index (κ3) is 2.03. The Kier molecular flexibility index (Phi) is 3.23. The standard InChI is InChI=1S/C13H15NO4/c1-3-6-14-10-5-4-9(13(16)17)7-11(10)18-8(2)12(14)15/h4-5,7-8H,3,6H2,1-2H3,(H,16,17). The average molecular weight is 249 g/mol. The molecule has 5 nitrogen and oxygen atoms in total. The molecule has 1 N–H and O–H groups in total. The third-order valence-electron chi connectivity index (χ3n) is 2.86. The highest BCUT2D eigenvalue weighted by Gasteiger charge is 2.31. The molecule has 5 heteroatoms. The molecule has 1 atom stereocenters. The van der Waals surface area contributed by atoms with E-state index in [0.29, 0.717) is 18.0 Å². The number of carboxylic acids is 1. The van der Waals surface area contributed by atoms with Crippen LogP contribution in [0.2, 0.25) is 0 Å². The number of carbonyl (C=O) groups excluding carboxylic acids is 1. The number of carbonyl (C=O) groups is 2. The van der Waals surface area contributed by atoms with Crippen molar-refractivity contribution < 1.29 is 19.4 Å². The number of anilines is 1. The summed E-state index contributed by atoms with van der Waals surface area (Å²) in [7, 11) is 0. The van der Waals surface area contributed by atoms with Gasteiger partial charge in [0.1, 0.15) is 5.75 Å². The lowest BCUT2D eigenvalue weighted by Crippen LogP contribution is -2.44. The van der Waals surface area contributed by atoms with Gasteiger partial charge in [-0.25, -0.2) is 4.79 Å². The molecule has 0 spiro atoms. The van der Waals surface area contributed by atoms with Gasteiger partial charge in [0, 0.05) is 6.54 Å². The maximum Gasteiger partial charge on any atom is 0.335 e. The second-order valence-electron chi connectivity index (χ2n) is 4.24. The van der Waals surface area contributed by atoms with Gasteiger partial charge in [-0.15, -0.1) is 0 Å². The van der Waals surface area contributed by atoms with Gasteiger partial charge < -0.3 is 14.7 Å². The van der Waals surface area contributed by atoms with E-state index in [0.717, 1.165) is 6.42 Å². The average Bonchev–Trinajstić information content (AvgIpc) is 2.34. The number of ether oxygens (including phenoxy) is 1. The van der Waals surface area contributed by atoms with Crippen molar-refractivity contribution in [2.75, 3.05) is 11.4 Å². The van der Waals surface area contributed by atoms with Crippen molar-refractivity contribution >= 4 is 17.6 Å². The Labute approximate surface area is 105 Å². The summed E-state index contributed by atoms with van der Waals surface area (Å²) in [5.41, 5.74) is 0.802. The summed E-state index contributed by atoms with van der Waals surface area (Å²) in [5.74, 6) is -0.643. The van der Waals surface area contributed by atoms with Gasteiger partial charge in [0.2, 0.25) is 0 Å². The van der Waals surface area contributed by atoms with Gasteiger partial charge in [-0.3, -0.25) is 4.79 Å². The van der Waals surface area contributed by atoms with Crippen molar-refractivity contribution in [3.05, 3.63) is 23.8 Å². The molecular formula is C13H15NO4. The zero-order chi connectivity index (χ0) is 13.3. The molecule has 1 aromatic rings. The van der Waals surface area contributed by atoms with Gasteiger partial charge in [-0.05, 0) is 31.5 Å². The molecule has 1 aliphatic heterocycles. The summed E-state index contributed by atoms with van der Waals surface area (Å²) in [6.45, 7) is 4.26. The van der Waals surface area contributed by atoms with Gasteiger partial charge in [0.25, 0.3) is 5.91 Å². The van der Waals surface area contributed by atoms with E-state index in [2.05, 4.69) is 0 Å². The van der Waals surface area contributed by atoms with Gasteiger partial charge in [0.05, 0.1) is 11.3 Å². The summed E-state index contributed by atoms with van der Waals surface area (Å²) in [5, 5.41) is 8.94. The van der Waals surface area contributed by atoms with Crippen LogP contribution in [0.25, 0.3) is 0 Å². The minimum absolute atomic E-state index is 0.0903. The molecule has 0 saturated carbocycles. The van der Waals surface area contributed by atoms with Crippen molar-refractivity contribution in [2.45, 2.75) is 26.4 Å². The molecule has 0 aliphatic carbocycles. The first-order valence-corrected chi connectivity index (χ1v) is 5.90. The number of aromatic carboxylic acids is 1. The Morgan fingerprint density at radius 2 is 2.22 bits per heavy atom. The second kappa shape index (κ2) is 4.68. The molecule has 2 rings (SSSR count). The zero-order valence-electron chi connectivity index (χ0n) is 10.3. The quantitative estimate of drug-likeness (QED) is 0.888. The lowest BCUT2D eigenvalue weighted by Gasteiger charge is -2.32. The lowest BCUT2D eigenvalue weighted by molar-refractivity contribution is -0.125. The normalized spacial score (nSPS) is 18.2. The Morgan fingerprint density at radius 3 is 2.83 bits per heavy atom. The number of carboxylic acid groups (broad SMARTS) is 1. The first kappa shape index (κ1) is 12.4. The van der Waals surface area contributed by atoms with Crippen LogP contribution in [0.3, 0.4) is 0 Å². The second-order valence-corrected chi connectivity index (χ2v) is 4.24. The predicted octanol–water partition coefficient (Wildman–Crippen LogP) is 1.91. The number of nitrogens with zero attached hydrogens (tertiary/aromatic N) is 1. The van der Waals surface area contributed by atoms with E-state index in [1.807, 2.05) is 6.92 Å². The molecule has 1 unspecified atom stereocenters. The van der Waals surface area contributed by atoms with Crippen molar-refractivity contribution in [2.24, 2.45) is 0 Å². The molecule has 1 heterocycles. The zero-order valence-corrected chi connectivity index (χ0v) is 10.3. The molecule has 1 aliphatic rings. The van der Waals surface area contributed by atoms with Crippen LogP contribution in [0.15, 0.2) is 18.2 Å². The molecule has 18 heavy (non-hydrogen) atoms. The van der Waals surface area contributed by atoms with Crippen LogP contribution in [0.1, 0.15) is 30.6 Å². The maximum absolute atomic E-state index is 12.0. The van der Waals surface area contributed by atoms with E-state index in [-0.39, 0.29) is 11.5 Å². The number of fused-ring (bicyclic) bond motifs is 1. The van der Waals surface area contributed by atoms with Crippen molar-refractivity contribution in [1.29, 1.82) is 0 Å². The number of amides is 1. The fraction of sp³-hybridized carbons (Fsp3) is 0.385. The van der Waals surface area contributed by atoms with Crippen LogP contribution in [0, 0.1) is 0 Å². The summed E-state index contributed by atoms with van der Waals surface area (Å²) in [6.07, 6.45) is 0.256. The first-order valence-electron chi connectivity index (χ1n) is 5.90. The number of hydrogen-bond donors (Lipinski definition) is 1. The molecule has 0 saturated heterocycles. The fourth-order valence-corrected chi connectivity index (χ4v) is 2.00. The Bertz CT molecular complexity index is 498. The summed E-state index contributed by atoms with van der Waals surface area (Å²) < 4.78 is 5.46. The number of rotatable bonds is 3. The molecule has 0 aromatic heterocycles. The van der Waals surface area contributed by atoms with E-state index in [4.69, 9.17) is 9.84 Å². The van der Waals surface area contributed by atoms with Gasteiger partial charge in [-0.2, -0.15) is 0 Å². The van der Waals surface area contributed by atoms with Crippen molar-refractivity contribution in [3.8, 4) is 5.75 Å². The van der Waals surface area contributed by atoms with E-state index < -0.39 is 12.1 Å². The highest BCUT2D eigenvalue weighted by atomic mass is 16.5. The summed E-state index contributed by atoms with van der Waals surface area (Å²) in [6, 6.07) is 4.57. The van der Waals surface area contributed by atoms with E-state index >= 15 is 0 Å². The van der Waals surface area contributed by atoms with E-state index in [1.165, 1.54) is 12.1 Å². The van der Waals surface area contributed by atoms with Crippen LogP contribution in [-0.2, 0) is 4.79 Å². The number of benzene rings is 1. The highest BCUT2D eigenvalue weighted by Crippen LogP contribution is 2.34. The molecule has 0 radical (unpaired) electrons. The molecule has 0 fully saturated rings. The summed E-state index contributed by atoms with van der Waals surface area (Å²) >= 11 is 0. The third-order valence-corrected chi connectivity index (χ3v) is 2.86. The Morgan fingerprint density at radius 1 is 1.50 bits per heavy atom. The number of hydrogen-bond acceptors (Lipinski definition) is 3. The Hall–Kier alpha value is -2.04. The largest absolute Gasteiger partial charge is 0.479 e. The van der Waals surface area contributed by atoms with Crippen LogP contribution in [0.4, 0.5) is 5.69 Å². The highest BCUT2D eigenvalue weighted by molar-refractivity contribution is 6.00.